The van der Waals surface area contributed by atoms with E-state index in [2.05, 4.69) is 0 Å². The van der Waals surface area contributed by atoms with E-state index < -0.39 is 6.04 Å². The number of aryl methyl sites for hydroxylation is 1. The van der Waals surface area contributed by atoms with E-state index in [9.17, 15) is 14.7 Å². The summed E-state index contributed by atoms with van der Waals surface area (Å²) in [5.41, 5.74) is 2.15. The fourth-order valence-corrected chi connectivity index (χ4v) is 4.13. The molecule has 0 unspecified atom stereocenters. The molecular formula is C24H26N2O5. The second-order valence-electron chi connectivity index (χ2n) is 8.16. The Morgan fingerprint density at radius 2 is 1.94 bits per heavy atom. The van der Waals surface area contributed by atoms with Gasteiger partial charge in [-0.3, -0.25) is 9.59 Å². The normalized spacial score (nSPS) is 15.7. The summed E-state index contributed by atoms with van der Waals surface area (Å²) in [6.07, 6.45) is 0.741. The van der Waals surface area contributed by atoms with E-state index in [1.165, 1.54) is 13.2 Å². The number of fused-ring (bicyclic) bond motifs is 2. The fraction of sp³-hybridized carbons (Fsp3) is 0.333. The Hall–Kier alpha value is -3.32. The standard InChI is InChI=1S/C24H26N2O5/c1-14-6-9-18-16(12-14)22(28)20-21(15-7-8-17(27)19(13-15)30-4)26(11-5-10-25(2)3)24(29)23(20)31-18/h6-9,12-13,21,27H,5,10-11H2,1-4H3/t21-/m0/s1. The highest BCUT2D eigenvalue weighted by Crippen LogP contribution is 2.40. The Balaban J connectivity index is 1.90. The molecule has 0 saturated carbocycles. The monoisotopic (exact) mass is 422 g/mol. The van der Waals surface area contributed by atoms with Crippen LogP contribution in [0, 0.1) is 6.92 Å². The average Bonchev–Trinajstić information content (AvgIpc) is 3.01. The van der Waals surface area contributed by atoms with Gasteiger partial charge in [-0.15, -0.1) is 0 Å². The van der Waals surface area contributed by atoms with Crippen molar-refractivity contribution in [1.82, 2.24) is 9.80 Å². The molecule has 0 aliphatic carbocycles. The van der Waals surface area contributed by atoms with Crippen molar-refractivity contribution >= 4 is 16.9 Å². The third-order valence-corrected chi connectivity index (χ3v) is 5.65. The molecule has 1 aromatic heterocycles. The molecule has 31 heavy (non-hydrogen) atoms. The van der Waals surface area contributed by atoms with Gasteiger partial charge in [0.15, 0.2) is 16.9 Å². The average molecular weight is 422 g/mol. The van der Waals surface area contributed by atoms with Gasteiger partial charge in [0.05, 0.1) is 24.1 Å². The number of phenols is 1. The molecule has 2 heterocycles. The van der Waals surface area contributed by atoms with Gasteiger partial charge in [0.1, 0.15) is 5.58 Å². The zero-order valence-corrected chi connectivity index (χ0v) is 18.1. The summed E-state index contributed by atoms with van der Waals surface area (Å²) in [5, 5.41) is 10.5. The lowest BCUT2D eigenvalue weighted by Gasteiger charge is -2.26. The maximum atomic E-state index is 13.5. The summed E-state index contributed by atoms with van der Waals surface area (Å²) < 4.78 is 11.2. The summed E-state index contributed by atoms with van der Waals surface area (Å²) >= 11 is 0. The van der Waals surface area contributed by atoms with Crippen molar-refractivity contribution in [3.8, 4) is 11.5 Å². The van der Waals surface area contributed by atoms with Crippen LogP contribution in [-0.4, -0.2) is 55.1 Å². The molecule has 0 bridgehead atoms. The highest BCUT2D eigenvalue weighted by Gasteiger charge is 2.42. The minimum atomic E-state index is -0.611. The van der Waals surface area contributed by atoms with E-state index in [1.54, 1.807) is 29.2 Å². The number of amides is 1. The topological polar surface area (TPSA) is 83.2 Å². The van der Waals surface area contributed by atoms with Crippen LogP contribution in [0.3, 0.4) is 0 Å². The van der Waals surface area contributed by atoms with Gasteiger partial charge in [-0.1, -0.05) is 17.7 Å². The van der Waals surface area contributed by atoms with Crippen LogP contribution < -0.4 is 10.2 Å². The van der Waals surface area contributed by atoms with Crippen LogP contribution in [-0.2, 0) is 0 Å². The first-order valence-electron chi connectivity index (χ1n) is 10.2. The van der Waals surface area contributed by atoms with E-state index in [0.29, 0.717) is 28.6 Å². The van der Waals surface area contributed by atoms with Crippen molar-refractivity contribution < 1.29 is 19.1 Å². The van der Waals surface area contributed by atoms with E-state index in [1.807, 2.05) is 32.0 Å². The SMILES string of the molecule is COc1cc([C@H]2c3c(oc4ccc(C)cc4c3=O)C(=O)N2CCCN(C)C)ccc1O. The molecule has 4 rings (SSSR count). The van der Waals surface area contributed by atoms with E-state index in [-0.39, 0.29) is 28.6 Å². The first-order chi connectivity index (χ1) is 14.8. The first kappa shape index (κ1) is 20.9. The van der Waals surface area contributed by atoms with Gasteiger partial charge in [0.25, 0.3) is 5.91 Å². The molecular weight excluding hydrogens is 396 g/mol. The fourth-order valence-electron chi connectivity index (χ4n) is 4.13. The van der Waals surface area contributed by atoms with Crippen LogP contribution >= 0.6 is 0 Å². The number of carbonyl (C=O) groups is 1. The van der Waals surface area contributed by atoms with Crippen molar-refractivity contribution in [3.05, 3.63) is 69.1 Å². The number of phenolic OH excluding ortho intramolecular Hbond substituents is 1. The van der Waals surface area contributed by atoms with Crippen molar-refractivity contribution in [2.24, 2.45) is 0 Å². The quantitative estimate of drug-likeness (QED) is 0.656. The first-order valence-corrected chi connectivity index (χ1v) is 10.2. The minimum absolute atomic E-state index is 0.00359. The number of methoxy groups -OCH3 is 1. The third-order valence-electron chi connectivity index (χ3n) is 5.65. The van der Waals surface area contributed by atoms with Crippen LogP contribution in [0.4, 0.5) is 0 Å². The maximum Gasteiger partial charge on any atom is 0.290 e. The van der Waals surface area contributed by atoms with Crippen molar-refractivity contribution in [1.29, 1.82) is 0 Å². The molecule has 0 radical (unpaired) electrons. The van der Waals surface area contributed by atoms with Gasteiger partial charge in [-0.2, -0.15) is 0 Å². The van der Waals surface area contributed by atoms with Gasteiger partial charge in [0, 0.05) is 6.54 Å². The maximum absolute atomic E-state index is 13.5. The van der Waals surface area contributed by atoms with Crippen LogP contribution in [0.1, 0.15) is 39.7 Å². The van der Waals surface area contributed by atoms with Gasteiger partial charge in [-0.25, -0.2) is 0 Å². The molecule has 7 heteroatoms. The number of hydrogen-bond acceptors (Lipinski definition) is 6. The predicted octanol–water partition coefficient (Wildman–Crippen LogP) is 3.31. The zero-order chi connectivity index (χ0) is 22.3. The minimum Gasteiger partial charge on any atom is -0.504 e. The van der Waals surface area contributed by atoms with Crippen LogP contribution in [0.5, 0.6) is 11.5 Å². The second-order valence-corrected chi connectivity index (χ2v) is 8.16. The summed E-state index contributed by atoms with van der Waals surface area (Å²) in [4.78, 5) is 30.6. The number of ether oxygens (including phenoxy) is 1. The smallest absolute Gasteiger partial charge is 0.290 e. The van der Waals surface area contributed by atoms with Gasteiger partial charge < -0.3 is 24.1 Å². The second kappa shape index (κ2) is 8.07. The van der Waals surface area contributed by atoms with Crippen molar-refractivity contribution in [2.75, 3.05) is 34.3 Å². The summed E-state index contributed by atoms with van der Waals surface area (Å²) in [6, 6.07) is 9.66. The Bertz CT molecular complexity index is 1210. The van der Waals surface area contributed by atoms with E-state index >= 15 is 0 Å². The molecule has 0 spiro atoms. The van der Waals surface area contributed by atoms with Crippen LogP contribution in [0.2, 0.25) is 0 Å². The number of hydrogen-bond donors (Lipinski definition) is 1. The molecule has 0 saturated heterocycles. The van der Waals surface area contributed by atoms with Gasteiger partial charge >= 0.3 is 0 Å². The third kappa shape index (κ3) is 3.65. The lowest BCUT2D eigenvalue weighted by molar-refractivity contribution is 0.0722. The van der Waals surface area contributed by atoms with Crippen LogP contribution in [0.25, 0.3) is 11.0 Å². The number of carbonyl (C=O) groups excluding carboxylic acids is 1. The molecule has 0 fully saturated rings. The Morgan fingerprint density at radius 1 is 1.16 bits per heavy atom. The Kier molecular flexibility index (Phi) is 5.45. The molecule has 3 aromatic rings. The summed E-state index contributed by atoms with van der Waals surface area (Å²) in [5.74, 6) is 0.0670. The van der Waals surface area contributed by atoms with E-state index in [4.69, 9.17) is 9.15 Å². The predicted molar refractivity (Wildman–Crippen MR) is 118 cm³/mol. The molecule has 1 aliphatic heterocycles. The van der Waals surface area contributed by atoms with Gasteiger partial charge in [0.2, 0.25) is 5.76 Å². The van der Waals surface area contributed by atoms with Crippen LogP contribution in [0.15, 0.2) is 45.6 Å². The molecule has 7 nitrogen and oxygen atoms in total. The van der Waals surface area contributed by atoms with E-state index in [0.717, 1.165) is 18.5 Å². The molecule has 1 amide bonds. The summed E-state index contributed by atoms with van der Waals surface area (Å²) in [6.45, 7) is 3.17. The highest BCUT2D eigenvalue weighted by atomic mass is 16.5. The van der Waals surface area contributed by atoms with Crippen molar-refractivity contribution in [2.45, 2.75) is 19.4 Å². The molecule has 1 N–H and O–H groups in total. The zero-order valence-electron chi connectivity index (χ0n) is 18.1. The molecule has 1 aliphatic rings. The molecule has 1 atom stereocenters. The molecule has 162 valence electrons. The number of nitrogens with zero attached hydrogens (tertiary/aromatic N) is 2. The summed E-state index contributed by atoms with van der Waals surface area (Å²) in [7, 11) is 5.41. The highest BCUT2D eigenvalue weighted by molar-refractivity contribution is 5.99. The lowest BCUT2D eigenvalue weighted by atomic mass is 9.97. The number of rotatable bonds is 6. The van der Waals surface area contributed by atoms with Crippen molar-refractivity contribution in [3.63, 3.8) is 0 Å². The Labute approximate surface area is 180 Å². The Morgan fingerprint density at radius 3 is 2.65 bits per heavy atom. The number of aromatic hydroxyl groups is 1. The molecule has 2 aromatic carbocycles. The number of benzene rings is 2. The largest absolute Gasteiger partial charge is 0.504 e. The van der Waals surface area contributed by atoms with Gasteiger partial charge in [-0.05, 0) is 63.8 Å². The lowest BCUT2D eigenvalue weighted by Crippen LogP contribution is -2.32.